The van der Waals surface area contributed by atoms with Crippen LogP contribution in [-0.2, 0) is 0 Å². The molecule has 1 aromatic heterocycles. The summed E-state index contributed by atoms with van der Waals surface area (Å²) in [6.45, 7) is 2.03. The number of carboxylic acid groups (broad SMARTS) is 1. The SMILES string of the molecule is COc1cccc(OC(C)CNC(=O)c2ccc(C(=O)O)o2)c1. The largest absolute Gasteiger partial charge is 0.497 e. The van der Waals surface area contributed by atoms with Crippen LogP contribution in [0.3, 0.4) is 0 Å². The average molecular weight is 319 g/mol. The molecule has 0 radical (unpaired) electrons. The van der Waals surface area contributed by atoms with Crippen molar-refractivity contribution in [3.05, 3.63) is 47.9 Å². The predicted molar refractivity (Wildman–Crippen MR) is 81.1 cm³/mol. The van der Waals surface area contributed by atoms with E-state index in [9.17, 15) is 9.59 Å². The second kappa shape index (κ2) is 7.35. The number of carbonyl (C=O) groups excluding carboxylic acids is 1. The Morgan fingerprint density at radius 1 is 1.22 bits per heavy atom. The topological polar surface area (TPSA) is 98.0 Å². The van der Waals surface area contributed by atoms with Crippen molar-refractivity contribution in [1.29, 1.82) is 0 Å². The van der Waals surface area contributed by atoms with E-state index in [1.165, 1.54) is 12.1 Å². The van der Waals surface area contributed by atoms with Crippen LogP contribution in [0.4, 0.5) is 0 Å². The third kappa shape index (κ3) is 4.50. The van der Waals surface area contributed by atoms with Crippen LogP contribution in [0.1, 0.15) is 28.0 Å². The molecular weight excluding hydrogens is 302 g/mol. The van der Waals surface area contributed by atoms with Crippen molar-refractivity contribution in [1.82, 2.24) is 5.32 Å². The molecule has 0 aliphatic heterocycles. The number of ether oxygens (including phenoxy) is 2. The fraction of sp³-hybridized carbons (Fsp3) is 0.250. The van der Waals surface area contributed by atoms with Crippen molar-refractivity contribution < 1.29 is 28.6 Å². The van der Waals surface area contributed by atoms with Gasteiger partial charge in [-0.05, 0) is 31.2 Å². The average Bonchev–Trinajstić information content (AvgIpc) is 3.03. The van der Waals surface area contributed by atoms with Gasteiger partial charge in [0.25, 0.3) is 5.91 Å². The molecular formula is C16H17NO6. The molecule has 0 saturated heterocycles. The molecule has 23 heavy (non-hydrogen) atoms. The number of benzene rings is 1. The number of carbonyl (C=O) groups is 2. The van der Waals surface area contributed by atoms with E-state index in [4.69, 9.17) is 19.0 Å². The Kier molecular flexibility index (Phi) is 5.24. The summed E-state index contributed by atoms with van der Waals surface area (Å²) in [5.74, 6) is -0.767. The maximum atomic E-state index is 11.9. The summed E-state index contributed by atoms with van der Waals surface area (Å²) in [5, 5.41) is 11.4. The quantitative estimate of drug-likeness (QED) is 0.812. The van der Waals surface area contributed by atoms with Crippen LogP contribution in [0.25, 0.3) is 0 Å². The van der Waals surface area contributed by atoms with Crippen molar-refractivity contribution >= 4 is 11.9 Å². The van der Waals surface area contributed by atoms with E-state index in [-0.39, 0.29) is 24.2 Å². The first-order valence-corrected chi connectivity index (χ1v) is 6.91. The van der Waals surface area contributed by atoms with E-state index in [1.807, 2.05) is 0 Å². The van der Waals surface area contributed by atoms with Crippen LogP contribution in [0.2, 0.25) is 0 Å². The number of hydrogen-bond acceptors (Lipinski definition) is 5. The molecule has 0 aliphatic carbocycles. The number of nitrogens with one attached hydrogen (secondary N) is 1. The smallest absolute Gasteiger partial charge is 0.371 e. The van der Waals surface area contributed by atoms with E-state index < -0.39 is 11.9 Å². The standard InChI is InChI=1S/C16H17NO6/c1-10(22-12-5-3-4-11(8-12)21-2)9-17-15(18)13-6-7-14(23-13)16(19)20/h3-8,10H,9H2,1-2H3,(H,17,18)(H,19,20). The molecule has 0 saturated carbocycles. The lowest BCUT2D eigenvalue weighted by Crippen LogP contribution is -2.33. The van der Waals surface area contributed by atoms with E-state index in [2.05, 4.69) is 5.32 Å². The van der Waals surface area contributed by atoms with E-state index >= 15 is 0 Å². The lowest BCUT2D eigenvalue weighted by atomic mass is 10.3. The molecule has 7 nitrogen and oxygen atoms in total. The van der Waals surface area contributed by atoms with Crippen molar-refractivity contribution in [2.24, 2.45) is 0 Å². The highest BCUT2D eigenvalue weighted by atomic mass is 16.5. The normalized spacial score (nSPS) is 11.6. The van der Waals surface area contributed by atoms with Gasteiger partial charge in [0.05, 0.1) is 13.7 Å². The fourth-order valence-electron chi connectivity index (χ4n) is 1.85. The van der Waals surface area contributed by atoms with Crippen LogP contribution >= 0.6 is 0 Å². The molecule has 2 aromatic rings. The second-order valence-corrected chi connectivity index (χ2v) is 4.79. The molecule has 2 N–H and O–H groups in total. The van der Waals surface area contributed by atoms with Gasteiger partial charge in [0.1, 0.15) is 17.6 Å². The summed E-state index contributed by atoms with van der Waals surface area (Å²) in [4.78, 5) is 22.6. The molecule has 1 aromatic carbocycles. The van der Waals surface area contributed by atoms with Crippen LogP contribution in [0.5, 0.6) is 11.5 Å². The lowest BCUT2D eigenvalue weighted by Gasteiger charge is -2.15. The molecule has 0 bridgehead atoms. The molecule has 0 spiro atoms. The van der Waals surface area contributed by atoms with Gasteiger partial charge in [-0.1, -0.05) is 6.07 Å². The number of rotatable bonds is 7. The molecule has 1 amide bonds. The van der Waals surface area contributed by atoms with Gasteiger partial charge in [0.15, 0.2) is 5.76 Å². The molecule has 122 valence electrons. The number of hydrogen-bond donors (Lipinski definition) is 2. The number of furan rings is 1. The van der Waals surface area contributed by atoms with Crippen LogP contribution in [0, 0.1) is 0 Å². The zero-order chi connectivity index (χ0) is 16.8. The second-order valence-electron chi connectivity index (χ2n) is 4.79. The third-order valence-electron chi connectivity index (χ3n) is 2.97. The highest BCUT2D eigenvalue weighted by Gasteiger charge is 2.15. The van der Waals surface area contributed by atoms with Crippen molar-refractivity contribution in [2.75, 3.05) is 13.7 Å². The number of methoxy groups -OCH3 is 1. The highest BCUT2D eigenvalue weighted by molar-refractivity contribution is 5.93. The first-order chi connectivity index (χ1) is 11.0. The van der Waals surface area contributed by atoms with Crippen LogP contribution in [-0.4, -0.2) is 36.7 Å². The minimum atomic E-state index is -1.22. The zero-order valence-electron chi connectivity index (χ0n) is 12.7. The maximum Gasteiger partial charge on any atom is 0.371 e. The number of carboxylic acids is 1. The lowest BCUT2D eigenvalue weighted by molar-refractivity contribution is 0.0659. The van der Waals surface area contributed by atoms with E-state index in [0.29, 0.717) is 11.5 Å². The molecule has 1 unspecified atom stereocenters. The zero-order valence-corrected chi connectivity index (χ0v) is 12.7. The van der Waals surface area contributed by atoms with Crippen molar-refractivity contribution in [3.8, 4) is 11.5 Å². The van der Waals surface area contributed by atoms with Gasteiger partial charge in [0, 0.05) is 6.07 Å². The molecule has 0 fully saturated rings. The molecule has 2 rings (SSSR count). The third-order valence-corrected chi connectivity index (χ3v) is 2.97. The first kappa shape index (κ1) is 16.4. The van der Waals surface area contributed by atoms with Gasteiger partial charge in [-0.2, -0.15) is 0 Å². The number of aromatic carboxylic acids is 1. The predicted octanol–water partition coefficient (Wildman–Crippen LogP) is 2.18. The van der Waals surface area contributed by atoms with Crippen LogP contribution in [0.15, 0.2) is 40.8 Å². The number of amides is 1. The van der Waals surface area contributed by atoms with Gasteiger partial charge < -0.3 is 24.3 Å². The molecule has 7 heteroatoms. The maximum absolute atomic E-state index is 11.9. The van der Waals surface area contributed by atoms with Gasteiger partial charge in [0.2, 0.25) is 5.76 Å². The molecule has 0 aliphatic rings. The Bertz CT molecular complexity index is 693. The van der Waals surface area contributed by atoms with Gasteiger partial charge in [-0.15, -0.1) is 0 Å². The Morgan fingerprint density at radius 3 is 2.57 bits per heavy atom. The summed E-state index contributed by atoms with van der Waals surface area (Å²) in [5.41, 5.74) is 0. The first-order valence-electron chi connectivity index (χ1n) is 6.91. The summed E-state index contributed by atoms with van der Waals surface area (Å²) in [7, 11) is 1.57. The van der Waals surface area contributed by atoms with E-state index in [0.717, 1.165) is 0 Å². The summed E-state index contributed by atoms with van der Waals surface area (Å²) in [6, 6.07) is 9.67. The van der Waals surface area contributed by atoms with Crippen molar-refractivity contribution in [2.45, 2.75) is 13.0 Å². The Morgan fingerprint density at radius 2 is 1.91 bits per heavy atom. The Balaban J connectivity index is 1.86. The molecule has 1 atom stereocenters. The summed E-state index contributed by atoms with van der Waals surface area (Å²) < 4.78 is 15.7. The highest BCUT2D eigenvalue weighted by Crippen LogP contribution is 2.19. The molecule has 1 heterocycles. The summed E-state index contributed by atoms with van der Waals surface area (Å²) >= 11 is 0. The van der Waals surface area contributed by atoms with Crippen molar-refractivity contribution in [3.63, 3.8) is 0 Å². The summed E-state index contributed by atoms with van der Waals surface area (Å²) in [6.07, 6.45) is -0.292. The van der Waals surface area contributed by atoms with Gasteiger partial charge in [-0.25, -0.2) is 4.79 Å². The fourth-order valence-corrected chi connectivity index (χ4v) is 1.85. The van der Waals surface area contributed by atoms with E-state index in [1.54, 1.807) is 38.3 Å². The monoisotopic (exact) mass is 319 g/mol. The minimum absolute atomic E-state index is 0.0593. The van der Waals surface area contributed by atoms with Gasteiger partial charge >= 0.3 is 5.97 Å². The Labute approximate surface area is 132 Å². The Hall–Kier alpha value is -2.96. The van der Waals surface area contributed by atoms with Gasteiger partial charge in [-0.3, -0.25) is 4.79 Å². The minimum Gasteiger partial charge on any atom is -0.497 e. The van der Waals surface area contributed by atoms with Crippen LogP contribution < -0.4 is 14.8 Å².